The molecular weight excluding hydrogens is 244 g/mol. The number of para-hydroxylation sites is 1. The lowest BCUT2D eigenvalue weighted by Crippen LogP contribution is -2.09. The highest BCUT2D eigenvalue weighted by molar-refractivity contribution is 6.04. The number of pyridine rings is 2. The van der Waals surface area contributed by atoms with Crippen LogP contribution in [0.5, 0.6) is 0 Å². The summed E-state index contributed by atoms with van der Waals surface area (Å²) in [4.78, 5) is 31.2. The van der Waals surface area contributed by atoms with Crippen LogP contribution in [0.15, 0.2) is 41.3 Å². The van der Waals surface area contributed by atoms with E-state index >= 15 is 0 Å². The number of esters is 1. The van der Waals surface area contributed by atoms with Gasteiger partial charge < -0.3 is 9.72 Å². The van der Waals surface area contributed by atoms with E-state index in [-0.39, 0.29) is 5.43 Å². The van der Waals surface area contributed by atoms with Gasteiger partial charge in [-0.2, -0.15) is 0 Å². The van der Waals surface area contributed by atoms with E-state index in [9.17, 15) is 9.59 Å². The van der Waals surface area contributed by atoms with Crippen LogP contribution >= 0.6 is 0 Å². The first-order valence-electron chi connectivity index (χ1n) is 5.70. The van der Waals surface area contributed by atoms with Crippen molar-refractivity contribution >= 4 is 27.9 Å². The zero-order chi connectivity index (χ0) is 13.4. The number of aromatic amines is 1. The minimum Gasteiger partial charge on any atom is -0.465 e. The summed E-state index contributed by atoms with van der Waals surface area (Å²) in [6, 6.07) is 8.34. The average Bonchev–Trinajstić information content (AvgIpc) is 2.46. The van der Waals surface area contributed by atoms with Gasteiger partial charge in [0.1, 0.15) is 5.65 Å². The quantitative estimate of drug-likeness (QED) is 0.531. The van der Waals surface area contributed by atoms with Gasteiger partial charge in [0, 0.05) is 11.6 Å². The third-order valence-electron chi connectivity index (χ3n) is 3.01. The van der Waals surface area contributed by atoms with Crippen molar-refractivity contribution in [1.82, 2.24) is 9.97 Å². The molecule has 2 aromatic heterocycles. The number of methoxy groups -OCH3 is 1. The van der Waals surface area contributed by atoms with Crippen molar-refractivity contribution in [3.8, 4) is 0 Å². The Morgan fingerprint density at radius 3 is 2.79 bits per heavy atom. The second kappa shape index (κ2) is 4.20. The lowest BCUT2D eigenvalue weighted by Gasteiger charge is -2.06. The number of carbonyl (C=O) groups excluding carboxylic acids is 1. The number of fused-ring (bicyclic) bond motifs is 2. The predicted molar refractivity (Wildman–Crippen MR) is 71.2 cm³/mol. The first-order chi connectivity index (χ1) is 9.22. The molecule has 94 valence electrons. The molecule has 0 amide bonds. The summed E-state index contributed by atoms with van der Waals surface area (Å²) in [5.74, 6) is -0.489. The SMILES string of the molecule is COC(=O)c1cccc2c(=O)c3cccnc3[nH]c12. The maximum absolute atomic E-state index is 12.3. The number of rotatable bonds is 1. The molecule has 19 heavy (non-hydrogen) atoms. The second-order valence-electron chi connectivity index (χ2n) is 4.07. The highest BCUT2D eigenvalue weighted by atomic mass is 16.5. The Kier molecular flexibility index (Phi) is 2.52. The molecule has 0 saturated carbocycles. The topological polar surface area (TPSA) is 72.1 Å². The molecule has 0 radical (unpaired) electrons. The van der Waals surface area contributed by atoms with Crippen molar-refractivity contribution in [1.29, 1.82) is 0 Å². The summed E-state index contributed by atoms with van der Waals surface area (Å²) >= 11 is 0. The highest BCUT2D eigenvalue weighted by Gasteiger charge is 2.14. The van der Waals surface area contributed by atoms with Crippen LogP contribution in [0.25, 0.3) is 21.9 Å². The fourth-order valence-electron chi connectivity index (χ4n) is 2.11. The molecule has 5 heteroatoms. The number of nitrogens with zero attached hydrogens (tertiary/aromatic N) is 1. The molecule has 0 aliphatic carbocycles. The molecule has 0 saturated heterocycles. The third kappa shape index (κ3) is 1.67. The predicted octanol–water partition coefficient (Wildman–Crippen LogP) is 1.86. The molecule has 0 spiro atoms. The van der Waals surface area contributed by atoms with Crippen molar-refractivity contribution in [3.05, 3.63) is 52.3 Å². The molecule has 1 N–H and O–H groups in total. The number of carbonyl (C=O) groups is 1. The van der Waals surface area contributed by atoms with Gasteiger partial charge in [0.25, 0.3) is 0 Å². The van der Waals surface area contributed by atoms with Crippen LogP contribution in [0.1, 0.15) is 10.4 Å². The minimum absolute atomic E-state index is 0.150. The molecule has 3 aromatic rings. The van der Waals surface area contributed by atoms with Crippen LogP contribution in [0.3, 0.4) is 0 Å². The van der Waals surface area contributed by atoms with E-state index in [0.717, 1.165) is 0 Å². The third-order valence-corrected chi connectivity index (χ3v) is 3.01. The van der Waals surface area contributed by atoms with Gasteiger partial charge in [-0.05, 0) is 24.3 Å². The molecule has 2 heterocycles. The molecule has 1 aromatic carbocycles. The van der Waals surface area contributed by atoms with Crippen LogP contribution < -0.4 is 5.43 Å². The van der Waals surface area contributed by atoms with E-state index in [4.69, 9.17) is 4.74 Å². The van der Waals surface area contributed by atoms with Crippen LogP contribution in [-0.4, -0.2) is 23.0 Å². The van der Waals surface area contributed by atoms with E-state index in [1.165, 1.54) is 7.11 Å². The Labute approximate surface area is 107 Å². The molecule has 0 bridgehead atoms. The van der Waals surface area contributed by atoms with Crippen molar-refractivity contribution in [3.63, 3.8) is 0 Å². The normalized spacial score (nSPS) is 10.8. The van der Waals surface area contributed by atoms with Gasteiger partial charge in [0.15, 0.2) is 5.43 Å². The van der Waals surface area contributed by atoms with Crippen molar-refractivity contribution in [2.75, 3.05) is 7.11 Å². The van der Waals surface area contributed by atoms with Gasteiger partial charge in [-0.15, -0.1) is 0 Å². The van der Waals surface area contributed by atoms with Crippen LogP contribution in [0.2, 0.25) is 0 Å². The van der Waals surface area contributed by atoms with Crippen LogP contribution in [0.4, 0.5) is 0 Å². The molecule has 0 fully saturated rings. The number of nitrogens with one attached hydrogen (secondary N) is 1. The molecule has 0 aliphatic rings. The van der Waals surface area contributed by atoms with E-state index in [2.05, 4.69) is 9.97 Å². The molecule has 0 aliphatic heterocycles. The van der Waals surface area contributed by atoms with Crippen LogP contribution in [0, 0.1) is 0 Å². The molecule has 3 rings (SSSR count). The van der Waals surface area contributed by atoms with Crippen molar-refractivity contribution < 1.29 is 9.53 Å². The fourth-order valence-corrected chi connectivity index (χ4v) is 2.11. The molecule has 5 nitrogen and oxygen atoms in total. The Morgan fingerprint density at radius 1 is 1.21 bits per heavy atom. The zero-order valence-electron chi connectivity index (χ0n) is 10.1. The van der Waals surface area contributed by atoms with E-state index in [1.807, 2.05) is 0 Å². The second-order valence-corrected chi connectivity index (χ2v) is 4.07. The molecular formula is C14H10N2O3. The van der Waals surface area contributed by atoms with Gasteiger partial charge in [0.2, 0.25) is 0 Å². The number of benzene rings is 1. The summed E-state index contributed by atoms with van der Waals surface area (Å²) in [6.07, 6.45) is 1.59. The van der Waals surface area contributed by atoms with Gasteiger partial charge >= 0.3 is 5.97 Å². The Bertz CT molecular complexity index is 852. The Morgan fingerprint density at radius 2 is 2.00 bits per heavy atom. The van der Waals surface area contributed by atoms with Crippen molar-refractivity contribution in [2.45, 2.75) is 0 Å². The zero-order valence-corrected chi connectivity index (χ0v) is 10.1. The highest BCUT2D eigenvalue weighted by Crippen LogP contribution is 2.17. The summed E-state index contributed by atoms with van der Waals surface area (Å²) in [6.45, 7) is 0. The number of aromatic nitrogens is 2. The Balaban J connectivity index is 2.51. The summed E-state index contributed by atoms with van der Waals surface area (Å²) in [5, 5.41) is 0.945. The summed E-state index contributed by atoms with van der Waals surface area (Å²) in [5.41, 5.74) is 1.08. The largest absolute Gasteiger partial charge is 0.465 e. The van der Waals surface area contributed by atoms with Gasteiger partial charge in [-0.1, -0.05) is 6.07 Å². The van der Waals surface area contributed by atoms with E-state index in [0.29, 0.717) is 27.5 Å². The number of ether oxygens (including phenoxy) is 1. The first-order valence-corrected chi connectivity index (χ1v) is 5.70. The number of hydrogen-bond acceptors (Lipinski definition) is 4. The lowest BCUT2D eigenvalue weighted by molar-refractivity contribution is 0.0603. The monoisotopic (exact) mass is 254 g/mol. The molecule has 0 unspecified atom stereocenters. The smallest absolute Gasteiger partial charge is 0.339 e. The van der Waals surface area contributed by atoms with E-state index in [1.54, 1.807) is 36.5 Å². The minimum atomic E-state index is -0.489. The summed E-state index contributed by atoms with van der Waals surface area (Å²) in [7, 11) is 1.30. The van der Waals surface area contributed by atoms with Gasteiger partial charge in [0.05, 0.1) is 23.6 Å². The average molecular weight is 254 g/mol. The summed E-state index contributed by atoms with van der Waals surface area (Å²) < 4.78 is 4.71. The first kappa shape index (κ1) is 11.4. The molecule has 0 atom stereocenters. The lowest BCUT2D eigenvalue weighted by atomic mass is 10.1. The Hall–Kier alpha value is -2.69. The fraction of sp³-hybridized carbons (Fsp3) is 0.0714. The standard InChI is InChI=1S/C14H10N2O3/c1-19-14(18)9-5-2-4-8-11(9)16-13-10(12(8)17)6-3-7-15-13/h2-7H,1H3,(H,15,16,17). The van der Waals surface area contributed by atoms with E-state index < -0.39 is 5.97 Å². The number of H-pyrrole nitrogens is 1. The number of hydrogen-bond donors (Lipinski definition) is 1. The van der Waals surface area contributed by atoms with Crippen molar-refractivity contribution in [2.24, 2.45) is 0 Å². The maximum atomic E-state index is 12.3. The van der Waals surface area contributed by atoms with Gasteiger partial charge in [-0.3, -0.25) is 4.79 Å². The van der Waals surface area contributed by atoms with Gasteiger partial charge in [-0.25, -0.2) is 9.78 Å². The maximum Gasteiger partial charge on any atom is 0.339 e. The van der Waals surface area contributed by atoms with Crippen LogP contribution in [-0.2, 0) is 4.74 Å².